The number of halogens is 3. The van der Waals surface area contributed by atoms with Crippen molar-refractivity contribution in [1.29, 1.82) is 0 Å². The molecule has 2 rings (SSSR count). The SMILES string of the molecule is O=C(Cn1cncc(I)c1=O)c1cc(Br)sc1Br. The number of thiophene rings is 1. The van der Waals surface area contributed by atoms with Crippen molar-refractivity contribution in [3.63, 3.8) is 0 Å². The molecule has 0 saturated carbocycles. The van der Waals surface area contributed by atoms with Crippen molar-refractivity contribution in [3.05, 3.63) is 45.7 Å². The Morgan fingerprint density at radius 3 is 2.83 bits per heavy atom. The molecule has 0 aromatic carbocycles. The molecule has 2 heterocycles. The average Bonchev–Trinajstić information content (AvgIpc) is 2.64. The highest BCUT2D eigenvalue weighted by Crippen LogP contribution is 2.32. The third-order valence-electron chi connectivity index (χ3n) is 2.13. The summed E-state index contributed by atoms with van der Waals surface area (Å²) in [4.78, 5) is 27.8. The molecular formula is C10H5Br2IN2O2S. The molecule has 0 unspecified atom stereocenters. The predicted molar refractivity (Wildman–Crippen MR) is 85.3 cm³/mol. The molecule has 4 nitrogen and oxygen atoms in total. The molecule has 0 fully saturated rings. The van der Waals surface area contributed by atoms with Crippen LogP contribution in [0.2, 0.25) is 0 Å². The first-order valence-electron chi connectivity index (χ1n) is 4.67. The van der Waals surface area contributed by atoms with E-state index in [0.29, 0.717) is 9.13 Å². The zero-order valence-electron chi connectivity index (χ0n) is 8.69. The van der Waals surface area contributed by atoms with Crippen LogP contribution in [-0.2, 0) is 6.54 Å². The van der Waals surface area contributed by atoms with Gasteiger partial charge in [-0.2, -0.15) is 0 Å². The normalized spacial score (nSPS) is 10.6. The summed E-state index contributed by atoms with van der Waals surface area (Å²) >= 11 is 9.97. The van der Waals surface area contributed by atoms with Gasteiger partial charge in [0.05, 0.1) is 24.0 Å². The highest BCUT2D eigenvalue weighted by molar-refractivity contribution is 14.1. The van der Waals surface area contributed by atoms with Crippen LogP contribution in [0.25, 0.3) is 0 Å². The van der Waals surface area contributed by atoms with E-state index in [1.54, 1.807) is 6.07 Å². The number of rotatable bonds is 3. The second-order valence-electron chi connectivity index (χ2n) is 3.34. The van der Waals surface area contributed by atoms with E-state index in [9.17, 15) is 9.59 Å². The Balaban J connectivity index is 2.30. The van der Waals surface area contributed by atoms with Crippen LogP contribution >= 0.6 is 65.8 Å². The van der Waals surface area contributed by atoms with Crippen LogP contribution < -0.4 is 5.56 Å². The van der Waals surface area contributed by atoms with Crippen molar-refractivity contribution >= 4 is 71.6 Å². The molecule has 0 radical (unpaired) electrons. The van der Waals surface area contributed by atoms with Crippen LogP contribution in [-0.4, -0.2) is 15.3 Å². The van der Waals surface area contributed by atoms with Gasteiger partial charge in [0.15, 0.2) is 5.78 Å². The van der Waals surface area contributed by atoms with E-state index in [-0.39, 0.29) is 17.9 Å². The Kier molecular flexibility index (Phi) is 4.73. The number of hydrogen-bond donors (Lipinski definition) is 0. The van der Waals surface area contributed by atoms with Gasteiger partial charge in [-0.05, 0) is 60.5 Å². The number of carbonyl (C=O) groups excluding carboxylic acids is 1. The van der Waals surface area contributed by atoms with Crippen molar-refractivity contribution in [2.24, 2.45) is 0 Å². The fourth-order valence-corrected chi connectivity index (χ4v) is 4.63. The van der Waals surface area contributed by atoms with E-state index in [4.69, 9.17) is 0 Å². The van der Waals surface area contributed by atoms with Crippen LogP contribution in [0.1, 0.15) is 10.4 Å². The second-order valence-corrected chi connectivity index (χ2v) is 8.25. The molecular weight excluding hydrogens is 499 g/mol. The fraction of sp³-hybridized carbons (Fsp3) is 0.100. The smallest absolute Gasteiger partial charge is 0.267 e. The lowest BCUT2D eigenvalue weighted by Crippen LogP contribution is -2.26. The Morgan fingerprint density at radius 1 is 1.50 bits per heavy atom. The second kappa shape index (κ2) is 5.93. The van der Waals surface area contributed by atoms with Crippen molar-refractivity contribution in [2.75, 3.05) is 0 Å². The monoisotopic (exact) mass is 502 g/mol. The number of aromatic nitrogens is 2. The number of hydrogen-bond acceptors (Lipinski definition) is 4. The summed E-state index contributed by atoms with van der Waals surface area (Å²) in [5, 5.41) is 0. The van der Waals surface area contributed by atoms with Gasteiger partial charge >= 0.3 is 0 Å². The summed E-state index contributed by atoms with van der Waals surface area (Å²) in [5.74, 6) is -0.130. The molecule has 8 heteroatoms. The van der Waals surface area contributed by atoms with E-state index in [2.05, 4.69) is 36.8 Å². The van der Waals surface area contributed by atoms with Gasteiger partial charge in [-0.1, -0.05) is 0 Å². The zero-order valence-corrected chi connectivity index (χ0v) is 14.8. The Bertz CT molecular complexity index is 668. The third kappa shape index (κ3) is 3.09. The maximum Gasteiger partial charge on any atom is 0.267 e. The highest BCUT2D eigenvalue weighted by atomic mass is 127. The molecule has 0 aliphatic carbocycles. The molecule has 0 aliphatic heterocycles. The van der Waals surface area contributed by atoms with Gasteiger partial charge in [0.25, 0.3) is 5.56 Å². The Hall–Kier alpha value is -0.0600. The zero-order chi connectivity index (χ0) is 13.3. The molecule has 0 bridgehead atoms. The molecule has 0 atom stereocenters. The van der Waals surface area contributed by atoms with Crippen molar-refractivity contribution in [2.45, 2.75) is 6.54 Å². The standard InChI is InChI=1S/C10H5Br2IN2O2S/c11-8-1-5(9(12)18-8)7(16)3-15-4-14-2-6(13)10(15)17/h1-2,4H,3H2. The van der Waals surface area contributed by atoms with Gasteiger partial charge < -0.3 is 0 Å². The summed E-state index contributed by atoms with van der Waals surface area (Å²) in [6.07, 6.45) is 2.85. The minimum Gasteiger partial charge on any atom is -0.292 e. The maximum atomic E-state index is 12.1. The summed E-state index contributed by atoms with van der Waals surface area (Å²) < 4.78 is 3.42. The van der Waals surface area contributed by atoms with Gasteiger partial charge in [-0.3, -0.25) is 14.2 Å². The third-order valence-corrected chi connectivity index (χ3v) is 5.21. The van der Waals surface area contributed by atoms with Gasteiger partial charge in [0.2, 0.25) is 0 Å². The minimum atomic E-state index is -0.204. The molecule has 0 N–H and O–H groups in total. The first kappa shape index (κ1) is 14.4. The van der Waals surface area contributed by atoms with E-state index < -0.39 is 0 Å². The topological polar surface area (TPSA) is 52.0 Å². The quantitative estimate of drug-likeness (QED) is 0.477. The molecule has 0 amide bonds. The molecule has 94 valence electrons. The van der Waals surface area contributed by atoms with E-state index in [1.165, 1.54) is 28.4 Å². The van der Waals surface area contributed by atoms with E-state index >= 15 is 0 Å². The lowest BCUT2D eigenvalue weighted by atomic mass is 10.2. The lowest BCUT2D eigenvalue weighted by Gasteiger charge is -2.03. The molecule has 18 heavy (non-hydrogen) atoms. The van der Waals surface area contributed by atoms with Gasteiger partial charge in [-0.25, -0.2) is 4.98 Å². The van der Waals surface area contributed by atoms with Crippen molar-refractivity contribution in [1.82, 2.24) is 9.55 Å². The average molecular weight is 504 g/mol. The van der Waals surface area contributed by atoms with Crippen LogP contribution in [0.5, 0.6) is 0 Å². The summed E-state index contributed by atoms with van der Waals surface area (Å²) in [7, 11) is 0. The Labute approximate surface area is 137 Å². The van der Waals surface area contributed by atoms with E-state index in [1.807, 2.05) is 22.6 Å². The van der Waals surface area contributed by atoms with Crippen LogP contribution in [0, 0.1) is 3.57 Å². The summed E-state index contributed by atoms with van der Waals surface area (Å²) in [5.41, 5.74) is 0.363. The first-order chi connectivity index (χ1) is 8.49. The minimum absolute atomic E-state index is 0.00948. The highest BCUT2D eigenvalue weighted by Gasteiger charge is 2.15. The molecule has 2 aromatic rings. The molecule has 0 aliphatic rings. The maximum absolute atomic E-state index is 12.1. The van der Waals surface area contributed by atoms with Crippen molar-refractivity contribution in [3.8, 4) is 0 Å². The molecule has 0 spiro atoms. The van der Waals surface area contributed by atoms with E-state index in [0.717, 1.165) is 7.57 Å². The fourth-order valence-electron chi connectivity index (χ4n) is 1.31. The van der Waals surface area contributed by atoms with Gasteiger partial charge in [-0.15, -0.1) is 11.3 Å². The van der Waals surface area contributed by atoms with Crippen molar-refractivity contribution < 1.29 is 4.79 Å². The van der Waals surface area contributed by atoms with Crippen LogP contribution in [0.3, 0.4) is 0 Å². The largest absolute Gasteiger partial charge is 0.292 e. The summed E-state index contributed by atoms with van der Waals surface area (Å²) in [6, 6.07) is 1.74. The number of nitrogens with zero attached hydrogens (tertiary/aromatic N) is 2. The van der Waals surface area contributed by atoms with Crippen LogP contribution in [0.15, 0.2) is 31.0 Å². The van der Waals surface area contributed by atoms with Gasteiger partial charge in [0, 0.05) is 11.8 Å². The molecule has 0 saturated heterocycles. The number of Topliss-reactive ketones (excluding diaryl/α,β-unsaturated/α-hetero) is 1. The number of carbonyl (C=O) groups is 1. The predicted octanol–water partition coefficient (Wildman–Crippen LogP) is 3.32. The lowest BCUT2D eigenvalue weighted by molar-refractivity contribution is 0.0970. The molecule has 2 aromatic heterocycles. The van der Waals surface area contributed by atoms with Crippen LogP contribution in [0.4, 0.5) is 0 Å². The van der Waals surface area contributed by atoms with Gasteiger partial charge in [0.1, 0.15) is 0 Å². The Morgan fingerprint density at radius 2 is 2.22 bits per heavy atom. The first-order valence-corrected chi connectivity index (χ1v) is 8.15. The number of ketones is 1. The summed E-state index contributed by atoms with van der Waals surface area (Å²) in [6.45, 7) is -0.00948.